The van der Waals surface area contributed by atoms with E-state index in [4.69, 9.17) is 5.26 Å². The Balaban J connectivity index is 1.61. The summed E-state index contributed by atoms with van der Waals surface area (Å²) < 4.78 is 0. The van der Waals surface area contributed by atoms with Crippen molar-refractivity contribution < 1.29 is 0 Å². The molecule has 2 aromatic heterocycles. The molecule has 0 aliphatic rings. The molecule has 5 heteroatoms. The van der Waals surface area contributed by atoms with Crippen LogP contribution >= 0.6 is 22.7 Å². The molecule has 0 bridgehead atoms. The maximum atomic E-state index is 8.81. The molecule has 2 heterocycles. The molecule has 0 unspecified atom stereocenters. The summed E-state index contributed by atoms with van der Waals surface area (Å²) in [7, 11) is 0. The molecule has 0 amide bonds. The minimum absolute atomic E-state index is 0.670. The molecule has 0 aliphatic heterocycles. The number of benzene rings is 1. The van der Waals surface area contributed by atoms with Crippen molar-refractivity contribution in [1.82, 2.24) is 4.98 Å². The molecule has 0 spiro atoms. The third kappa shape index (κ3) is 3.48. The third-order valence-corrected chi connectivity index (χ3v) is 4.78. The van der Waals surface area contributed by atoms with Gasteiger partial charge < -0.3 is 5.32 Å². The topological polar surface area (TPSA) is 48.7 Å². The first-order valence-electron chi connectivity index (χ1n) is 6.57. The predicted octanol–water partition coefficient (Wildman–Crippen LogP) is 4.40. The van der Waals surface area contributed by atoms with E-state index in [9.17, 15) is 0 Å². The molecular weight excluding hydrogens is 298 g/mol. The van der Waals surface area contributed by atoms with E-state index in [-0.39, 0.29) is 0 Å². The molecule has 3 rings (SSSR count). The SMILES string of the molecule is N#Cc1ccc(-c2csc(NCCc3cccs3)n2)cc1. The number of nitrogens with zero attached hydrogens (tertiary/aromatic N) is 2. The summed E-state index contributed by atoms with van der Waals surface area (Å²) in [5.74, 6) is 0. The molecule has 0 aliphatic carbocycles. The quantitative estimate of drug-likeness (QED) is 0.760. The molecule has 0 atom stereocenters. The molecule has 21 heavy (non-hydrogen) atoms. The second-order valence-electron chi connectivity index (χ2n) is 4.48. The van der Waals surface area contributed by atoms with Crippen LogP contribution in [0.15, 0.2) is 47.2 Å². The fraction of sp³-hybridized carbons (Fsp3) is 0.125. The van der Waals surface area contributed by atoms with Crippen LogP contribution in [0.25, 0.3) is 11.3 Å². The summed E-state index contributed by atoms with van der Waals surface area (Å²) in [5.41, 5.74) is 2.66. The van der Waals surface area contributed by atoms with Crippen LogP contribution in [0.5, 0.6) is 0 Å². The Labute approximate surface area is 131 Å². The van der Waals surface area contributed by atoms with Crippen molar-refractivity contribution in [2.45, 2.75) is 6.42 Å². The van der Waals surface area contributed by atoms with Crippen LogP contribution in [-0.2, 0) is 6.42 Å². The molecule has 0 radical (unpaired) electrons. The molecule has 104 valence electrons. The number of aromatic nitrogens is 1. The lowest BCUT2D eigenvalue weighted by Gasteiger charge is -2.00. The second kappa shape index (κ2) is 6.53. The van der Waals surface area contributed by atoms with Gasteiger partial charge in [-0.05, 0) is 30.0 Å². The van der Waals surface area contributed by atoms with Gasteiger partial charge in [0.15, 0.2) is 5.13 Å². The van der Waals surface area contributed by atoms with Crippen molar-refractivity contribution in [3.63, 3.8) is 0 Å². The van der Waals surface area contributed by atoms with E-state index >= 15 is 0 Å². The lowest BCUT2D eigenvalue weighted by atomic mass is 10.1. The molecule has 0 fully saturated rings. The number of thiazole rings is 1. The summed E-state index contributed by atoms with van der Waals surface area (Å²) in [5, 5.41) is 17.2. The molecule has 3 aromatic rings. The van der Waals surface area contributed by atoms with Gasteiger partial charge in [-0.25, -0.2) is 4.98 Å². The van der Waals surface area contributed by atoms with Gasteiger partial charge >= 0.3 is 0 Å². The average molecular weight is 311 g/mol. The number of rotatable bonds is 5. The van der Waals surface area contributed by atoms with E-state index in [1.54, 1.807) is 22.7 Å². The van der Waals surface area contributed by atoms with Crippen molar-refractivity contribution in [3.8, 4) is 17.3 Å². The van der Waals surface area contributed by atoms with Crippen molar-refractivity contribution in [3.05, 3.63) is 57.6 Å². The van der Waals surface area contributed by atoms with Crippen LogP contribution in [0.4, 0.5) is 5.13 Å². The summed E-state index contributed by atoms with van der Waals surface area (Å²) in [6, 6.07) is 13.9. The fourth-order valence-electron chi connectivity index (χ4n) is 1.95. The van der Waals surface area contributed by atoms with E-state index in [0.29, 0.717) is 5.56 Å². The van der Waals surface area contributed by atoms with E-state index in [1.165, 1.54) is 4.88 Å². The first-order chi connectivity index (χ1) is 10.3. The van der Waals surface area contributed by atoms with Gasteiger partial charge in [-0.3, -0.25) is 0 Å². The standard InChI is InChI=1S/C16H13N3S2/c17-10-12-3-5-13(6-4-12)15-11-21-16(19-15)18-8-7-14-2-1-9-20-14/h1-6,9,11H,7-8H2,(H,18,19). The summed E-state index contributed by atoms with van der Waals surface area (Å²) in [6.07, 6.45) is 1.02. The maximum Gasteiger partial charge on any atom is 0.183 e. The van der Waals surface area contributed by atoms with Crippen LogP contribution < -0.4 is 5.32 Å². The first-order valence-corrected chi connectivity index (χ1v) is 8.33. The molecule has 0 saturated heterocycles. The summed E-state index contributed by atoms with van der Waals surface area (Å²) in [4.78, 5) is 5.96. The largest absolute Gasteiger partial charge is 0.361 e. The first kappa shape index (κ1) is 13.8. The number of nitrogens with one attached hydrogen (secondary N) is 1. The fourth-order valence-corrected chi connectivity index (χ4v) is 3.41. The summed E-state index contributed by atoms with van der Waals surface area (Å²) >= 11 is 3.39. The van der Waals surface area contributed by atoms with Crippen LogP contribution in [0.3, 0.4) is 0 Å². The number of hydrogen-bond acceptors (Lipinski definition) is 5. The normalized spacial score (nSPS) is 10.2. The molecule has 1 aromatic carbocycles. The van der Waals surface area contributed by atoms with E-state index in [2.05, 4.69) is 33.9 Å². The van der Waals surface area contributed by atoms with E-state index in [0.717, 1.165) is 29.4 Å². The van der Waals surface area contributed by atoms with Gasteiger partial charge in [-0.15, -0.1) is 22.7 Å². The number of anilines is 1. The second-order valence-corrected chi connectivity index (χ2v) is 6.37. The highest BCUT2D eigenvalue weighted by Gasteiger charge is 2.04. The van der Waals surface area contributed by atoms with Crippen molar-refractivity contribution in [2.24, 2.45) is 0 Å². The van der Waals surface area contributed by atoms with E-state index < -0.39 is 0 Å². The van der Waals surface area contributed by atoms with Crippen LogP contribution in [0.1, 0.15) is 10.4 Å². The van der Waals surface area contributed by atoms with E-state index in [1.807, 2.05) is 29.6 Å². The Kier molecular flexibility index (Phi) is 4.29. The maximum absolute atomic E-state index is 8.81. The summed E-state index contributed by atoms with van der Waals surface area (Å²) in [6.45, 7) is 0.890. The van der Waals surface area contributed by atoms with Gasteiger partial charge in [0.1, 0.15) is 0 Å². The highest BCUT2D eigenvalue weighted by Crippen LogP contribution is 2.25. The van der Waals surface area contributed by atoms with Crippen LogP contribution in [0.2, 0.25) is 0 Å². The molecule has 0 saturated carbocycles. The van der Waals surface area contributed by atoms with Gasteiger partial charge in [-0.2, -0.15) is 5.26 Å². The Bertz CT molecular complexity index is 737. The van der Waals surface area contributed by atoms with Crippen LogP contribution in [-0.4, -0.2) is 11.5 Å². The van der Waals surface area contributed by atoms with Gasteiger partial charge in [0.05, 0.1) is 17.3 Å². The Morgan fingerprint density at radius 1 is 1.14 bits per heavy atom. The minimum atomic E-state index is 0.670. The zero-order valence-corrected chi connectivity index (χ0v) is 12.9. The Morgan fingerprint density at radius 2 is 2.00 bits per heavy atom. The zero-order valence-electron chi connectivity index (χ0n) is 11.2. The number of nitriles is 1. The third-order valence-electron chi connectivity index (χ3n) is 3.04. The lowest BCUT2D eigenvalue weighted by molar-refractivity contribution is 1.04. The lowest BCUT2D eigenvalue weighted by Crippen LogP contribution is -2.03. The number of hydrogen-bond donors (Lipinski definition) is 1. The van der Waals surface area contributed by atoms with Crippen molar-refractivity contribution in [1.29, 1.82) is 5.26 Å². The zero-order chi connectivity index (χ0) is 14.5. The molecular formula is C16H13N3S2. The van der Waals surface area contributed by atoms with Crippen LogP contribution in [0, 0.1) is 11.3 Å². The number of thiophene rings is 1. The highest BCUT2D eigenvalue weighted by atomic mass is 32.1. The Morgan fingerprint density at radius 3 is 2.71 bits per heavy atom. The van der Waals surface area contributed by atoms with Gasteiger partial charge in [-0.1, -0.05) is 18.2 Å². The monoisotopic (exact) mass is 311 g/mol. The molecule has 3 nitrogen and oxygen atoms in total. The van der Waals surface area contributed by atoms with Gasteiger partial charge in [0.2, 0.25) is 0 Å². The van der Waals surface area contributed by atoms with Gasteiger partial charge in [0.25, 0.3) is 0 Å². The van der Waals surface area contributed by atoms with Gasteiger partial charge in [0, 0.05) is 22.4 Å². The van der Waals surface area contributed by atoms with Crippen molar-refractivity contribution >= 4 is 27.8 Å². The highest BCUT2D eigenvalue weighted by molar-refractivity contribution is 7.14. The average Bonchev–Trinajstić information content (AvgIpc) is 3.19. The smallest absolute Gasteiger partial charge is 0.183 e. The Hall–Kier alpha value is -2.16. The van der Waals surface area contributed by atoms with Crippen molar-refractivity contribution in [2.75, 3.05) is 11.9 Å². The molecule has 1 N–H and O–H groups in total. The minimum Gasteiger partial charge on any atom is -0.361 e. The predicted molar refractivity (Wildman–Crippen MR) is 88.8 cm³/mol.